The predicted octanol–water partition coefficient (Wildman–Crippen LogP) is 2.76. The first-order chi connectivity index (χ1) is 9.15. The van der Waals surface area contributed by atoms with Crippen molar-refractivity contribution in [2.75, 3.05) is 13.7 Å². The van der Waals surface area contributed by atoms with Crippen LogP contribution in [0.2, 0.25) is 0 Å². The summed E-state index contributed by atoms with van der Waals surface area (Å²) in [5.74, 6) is 0.306. The van der Waals surface area contributed by atoms with E-state index in [1.54, 1.807) is 12.1 Å². The van der Waals surface area contributed by atoms with E-state index < -0.39 is 4.92 Å². The van der Waals surface area contributed by atoms with Crippen molar-refractivity contribution < 1.29 is 9.66 Å². The molecule has 19 heavy (non-hydrogen) atoms. The van der Waals surface area contributed by atoms with Gasteiger partial charge in [0.25, 0.3) is 0 Å². The van der Waals surface area contributed by atoms with Gasteiger partial charge in [-0.05, 0) is 36.1 Å². The highest BCUT2D eigenvalue weighted by molar-refractivity contribution is 5.70. The normalized spacial score (nSPS) is 18.8. The molecule has 5 nitrogen and oxygen atoms in total. The quantitative estimate of drug-likeness (QED) is 0.669. The van der Waals surface area contributed by atoms with Crippen molar-refractivity contribution >= 4 is 11.3 Å². The Morgan fingerprint density at radius 1 is 1.53 bits per heavy atom. The highest BCUT2D eigenvalue weighted by atomic mass is 16.6. The molecule has 0 bridgehead atoms. The Kier molecular flexibility index (Phi) is 4.16. The summed E-state index contributed by atoms with van der Waals surface area (Å²) in [5, 5.41) is 14.3. The predicted molar refractivity (Wildman–Crippen MR) is 74.3 cm³/mol. The van der Waals surface area contributed by atoms with Crippen molar-refractivity contribution in [1.82, 2.24) is 5.32 Å². The summed E-state index contributed by atoms with van der Waals surface area (Å²) >= 11 is 0. The number of nitro groups is 1. The lowest BCUT2D eigenvalue weighted by atomic mass is 9.97. The molecular formula is C14H18N2O3. The number of benzene rings is 1. The lowest BCUT2D eigenvalue weighted by Gasteiger charge is -2.22. The first-order valence-electron chi connectivity index (χ1n) is 6.41. The van der Waals surface area contributed by atoms with E-state index in [9.17, 15) is 10.1 Å². The average Bonchev–Trinajstić information content (AvgIpc) is 2.46. The second-order valence-corrected chi connectivity index (χ2v) is 4.59. The number of rotatable bonds is 4. The monoisotopic (exact) mass is 262 g/mol. The summed E-state index contributed by atoms with van der Waals surface area (Å²) < 4.78 is 5.09. The van der Waals surface area contributed by atoms with Gasteiger partial charge in [-0.15, -0.1) is 0 Å². The zero-order valence-electron chi connectivity index (χ0n) is 11.2. The Morgan fingerprint density at radius 2 is 2.32 bits per heavy atom. The zero-order valence-corrected chi connectivity index (χ0v) is 11.2. The number of ether oxygens (including phenoxy) is 1. The van der Waals surface area contributed by atoms with Crippen LogP contribution in [0, 0.1) is 10.1 Å². The molecule has 5 heteroatoms. The van der Waals surface area contributed by atoms with Crippen LogP contribution < -0.4 is 10.1 Å². The van der Waals surface area contributed by atoms with Crippen molar-refractivity contribution in [3.05, 3.63) is 40.0 Å². The molecule has 1 aliphatic rings. The second kappa shape index (κ2) is 5.84. The molecule has 1 aromatic rings. The van der Waals surface area contributed by atoms with Gasteiger partial charge >= 0.3 is 5.69 Å². The molecule has 1 heterocycles. The Morgan fingerprint density at radius 3 is 2.84 bits per heavy atom. The summed E-state index contributed by atoms with van der Waals surface area (Å²) in [6, 6.07) is 5.54. The van der Waals surface area contributed by atoms with Crippen LogP contribution >= 0.6 is 0 Å². The Bertz CT molecular complexity index is 511. The number of nitro benzene ring substituents is 1. The minimum atomic E-state index is -0.427. The van der Waals surface area contributed by atoms with Crippen LogP contribution in [0.1, 0.15) is 25.3 Å². The maximum Gasteiger partial charge on any atom is 0.310 e. The zero-order chi connectivity index (χ0) is 13.8. The van der Waals surface area contributed by atoms with Gasteiger partial charge in [-0.1, -0.05) is 13.0 Å². The lowest BCUT2D eigenvalue weighted by molar-refractivity contribution is -0.385. The van der Waals surface area contributed by atoms with E-state index in [1.165, 1.54) is 13.2 Å². The lowest BCUT2D eigenvalue weighted by Crippen LogP contribution is -2.32. The molecule has 0 saturated heterocycles. The number of nitrogens with zero attached hydrogens (tertiary/aromatic N) is 1. The van der Waals surface area contributed by atoms with Gasteiger partial charge in [0, 0.05) is 18.7 Å². The molecule has 0 radical (unpaired) electrons. The molecule has 2 rings (SSSR count). The summed E-state index contributed by atoms with van der Waals surface area (Å²) in [7, 11) is 1.45. The van der Waals surface area contributed by atoms with Gasteiger partial charge in [-0.2, -0.15) is 0 Å². The molecule has 102 valence electrons. The van der Waals surface area contributed by atoms with Gasteiger partial charge in [0.1, 0.15) is 0 Å². The number of nitrogens with one attached hydrogen (secondary N) is 1. The first kappa shape index (κ1) is 13.5. The smallest absolute Gasteiger partial charge is 0.310 e. The molecule has 1 unspecified atom stereocenters. The Labute approximate surface area is 112 Å². The molecule has 0 aliphatic carbocycles. The third kappa shape index (κ3) is 2.93. The first-order valence-corrected chi connectivity index (χ1v) is 6.41. The van der Waals surface area contributed by atoms with Crippen LogP contribution in [0.5, 0.6) is 5.75 Å². The van der Waals surface area contributed by atoms with E-state index in [4.69, 9.17) is 4.74 Å². The largest absolute Gasteiger partial charge is 0.490 e. The fourth-order valence-corrected chi connectivity index (χ4v) is 2.25. The summed E-state index contributed by atoms with van der Waals surface area (Å²) in [6.07, 6.45) is 4.30. The van der Waals surface area contributed by atoms with Crippen molar-refractivity contribution in [2.45, 2.75) is 25.8 Å². The van der Waals surface area contributed by atoms with E-state index >= 15 is 0 Å². The van der Waals surface area contributed by atoms with E-state index in [1.807, 2.05) is 0 Å². The van der Waals surface area contributed by atoms with Gasteiger partial charge in [0.05, 0.1) is 12.0 Å². The van der Waals surface area contributed by atoms with Gasteiger partial charge in [-0.3, -0.25) is 10.1 Å². The summed E-state index contributed by atoms with van der Waals surface area (Å²) in [6.45, 7) is 2.95. The molecule has 0 saturated carbocycles. The summed E-state index contributed by atoms with van der Waals surface area (Å²) in [4.78, 5) is 10.4. The van der Waals surface area contributed by atoms with Crippen molar-refractivity contribution in [3.8, 4) is 5.75 Å². The third-order valence-electron chi connectivity index (χ3n) is 3.47. The van der Waals surface area contributed by atoms with Crippen molar-refractivity contribution in [1.29, 1.82) is 0 Å². The molecule has 0 spiro atoms. The Balaban J connectivity index is 2.27. The number of methoxy groups -OCH3 is 1. The van der Waals surface area contributed by atoms with Crippen LogP contribution in [0.4, 0.5) is 5.69 Å². The molecule has 0 fully saturated rings. The maximum absolute atomic E-state index is 10.8. The van der Waals surface area contributed by atoms with Crippen LogP contribution in [0.25, 0.3) is 5.57 Å². The molecule has 0 amide bonds. The molecule has 1 aromatic carbocycles. The topological polar surface area (TPSA) is 64.4 Å². The molecule has 1 aliphatic heterocycles. The molecule has 0 aromatic heterocycles. The summed E-state index contributed by atoms with van der Waals surface area (Å²) in [5.41, 5.74) is 2.14. The molecule has 1 atom stereocenters. The van der Waals surface area contributed by atoms with Crippen molar-refractivity contribution in [2.24, 2.45) is 0 Å². The van der Waals surface area contributed by atoms with Crippen LogP contribution in [-0.2, 0) is 0 Å². The van der Waals surface area contributed by atoms with E-state index in [0.29, 0.717) is 11.8 Å². The van der Waals surface area contributed by atoms with Gasteiger partial charge < -0.3 is 10.1 Å². The number of hydrogen-bond acceptors (Lipinski definition) is 4. The van der Waals surface area contributed by atoms with Crippen LogP contribution in [0.15, 0.2) is 24.3 Å². The highest BCUT2D eigenvalue weighted by Gasteiger charge is 2.18. The SMILES string of the molecule is CCC1CC=C(c2ccc([N+](=O)[O-])c(OC)c2)CN1. The molecule has 1 N–H and O–H groups in total. The minimum absolute atomic E-state index is 0.00190. The van der Waals surface area contributed by atoms with E-state index in [2.05, 4.69) is 18.3 Å². The fourth-order valence-electron chi connectivity index (χ4n) is 2.25. The Hall–Kier alpha value is -1.88. The van der Waals surface area contributed by atoms with E-state index in [0.717, 1.165) is 30.5 Å². The van der Waals surface area contributed by atoms with Crippen LogP contribution in [0.3, 0.4) is 0 Å². The van der Waals surface area contributed by atoms with Gasteiger partial charge in [-0.25, -0.2) is 0 Å². The second-order valence-electron chi connectivity index (χ2n) is 4.59. The van der Waals surface area contributed by atoms with Crippen molar-refractivity contribution in [3.63, 3.8) is 0 Å². The average molecular weight is 262 g/mol. The van der Waals surface area contributed by atoms with Gasteiger partial charge in [0.2, 0.25) is 0 Å². The third-order valence-corrected chi connectivity index (χ3v) is 3.47. The van der Waals surface area contributed by atoms with Crippen LogP contribution in [-0.4, -0.2) is 24.6 Å². The van der Waals surface area contributed by atoms with E-state index in [-0.39, 0.29) is 5.69 Å². The molecular weight excluding hydrogens is 244 g/mol. The fraction of sp³-hybridized carbons (Fsp3) is 0.429. The maximum atomic E-state index is 10.8. The number of hydrogen-bond donors (Lipinski definition) is 1. The minimum Gasteiger partial charge on any atom is -0.490 e. The standard InChI is InChI=1S/C14H18N2O3/c1-3-12-6-4-11(9-15-12)10-5-7-13(16(17)18)14(8-10)19-2/h4-5,7-8,12,15H,3,6,9H2,1-2H3. The highest BCUT2D eigenvalue weighted by Crippen LogP contribution is 2.31. The van der Waals surface area contributed by atoms with Gasteiger partial charge in [0.15, 0.2) is 5.75 Å².